The van der Waals surface area contributed by atoms with Gasteiger partial charge in [-0.05, 0) is 44.6 Å². The highest BCUT2D eigenvalue weighted by Crippen LogP contribution is 2.33. The van der Waals surface area contributed by atoms with E-state index in [-0.39, 0.29) is 11.9 Å². The topological polar surface area (TPSA) is 111 Å². The van der Waals surface area contributed by atoms with Crippen molar-refractivity contribution < 1.29 is 37.1 Å². The van der Waals surface area contributed by atoms with E-state index in [1.807, 2.05) is 15.8 Å². The summed E-state index contributed by atoms with van der Waals surface area (Å²) in [6, 6.07) is 1.56. The molecule has 4 rings (SSSR count). The van der Waals surface area contributed by atoms with E-state index in [4.69, 9.17) is 19.2 Å². The Morgan fingerprint density at radius 1 is 1.31 bits per heavy atom. The third-order valence-electron chi connectivity index (χ3n) is 5.25. The molecule has 1 aliphatic heterocycles. The van der Waals surface area contributed by atoms with E-state index in [1.165, 1.54) is 18.4 Å². The fourth-order valence-electron chi connectivity index (χ4n) is 3.47. The molecule has 0 bridgehead atoms. The summed E-state index contributed by atoms with van der Waals surface area (Å²) in [4.78, 5) is 23.7. The number of alkyl halides is 3. The van der Waals surface area contributed by atoms with Gasteiger partial charge in [-0.1, -0.05) is 5.16 Å². The Labute approximate surface area is 182 Å². The number of carboxylic acids is 1. The predicted molar refractivity (Wildman–Crippen MR) is 104 cm³/mol. The molecule has 1 aliphatic carbocycles. The third kappa shape index (κ3) is 5.67. The highest BCUT2D eigenvalue weighted by Gasteiger charge is 2.38. The smallest absolute Gasteiger partial charge is 0.475 e. The van der Waals surface area contributed by atoms with Gasteiger partial charge in [0.15, 0.2) is 5.69 Å². The lowest BCUT2D eigenvalue weighted by atomic mass is 9.99. The van der Waals surface area contributed by atoms with Gasteiger partial charge in [-0.15, -0.1) is 0 Å². The van der Waals surface area contributed by atoms with Crippen molar-refractivity contribution in [1.82, 2.24) is 19.8 Å². The fourth-order valence-corrected chi connectivity index (χ4v) is 3.47. The number of carbonyl (C=O) groups excluding carboxylic acids is 1. The van der Waals surface area contributed by atoms with Crippen LogP contribution in [-0.4, -0.2) is 62.8 Å². The van der Waals surface area contributed by atoms with Crippen molar-refractivity contribution >= 4 is 11.9 Å². The standard InChI is InChI=1S/C18H24N4O3.C2HF3O2/c1-3-22-17-14(9-19-22)6-7-21(16(17)11-24-10-13-4-5-13)18(23)15-8-12(2)25-20-15;3-2(4,5)1(6)7/h8-9,13,16H,3-7,10-11H2,1-2H3;(H,6,7). The quantitative estimate of drug-likeness (QED) is 0.708. The monoisotopic (exact) mass is 458 g/mol. The summed E-state index contributed by atoms with van der Waals surface area (Å²) in [5.41, 5.74) is 2.66. The van der Waals surface area contributed by atoms with Crippen LogP contribution in [0.15, 0.2) is 16.8 Å². The van der Waals surface area contributed by atoms with Crippen LogP contribution < -0.4 is 0 Å². The number of hydrogen-bond donors (Lipinski definition) is 1. The van der Waals surface area contributed by atoms with Crippen molar-refractivity contribution in [3.05, 3.63) is 35.0 Å². The number of halogens is 3. The van der Waals surface area contributed by atoms with Gasteiger partial charge in [-0.25, -0.2) is 4.79 Å². The Kier molecular flexibility index (Phi) is 7.22. The van der Waals surface area contributed by atoms with Gasteiger partial charge >= 0.3 is 12.1 Å². The second kappa shape index (κ2) is 9.72. The molecule has 1 fully saturated rings. The van der Waals surface area contributed by atoms with Crippen LogP contribution in [0.4, 0.5) is 13.2 Å². The molecule has 32 heavy (non-hydrogen) atoms. The zero-order valence-corrected chi connectivity index (χ0v) is 17.8. The summed E-state index contributed by atoms with van der Waals surface area (Å²) in [5.74, 6) is -1.53. The SMILES string of the molecule is CCn1ncc2c1C(COCC1CC1)N(C(=O)c1cc(C)on1)CC2.O=C(O)C(F)(F)F. The molecule has 1 N–H and O–H groups in total. The highest BCUT2D eigenvalue weighted by molar-refractivity contribution is 5.92. The van der Waals surface area contributed by atoms with Crippen LogP contribution >= 0.6 is 0 Å². The minimum Gasteiger partial charge on any atom is -0.475 e. The summed E-state index contributed by atoms with van der Waals surface area (Å²) in [5, 5.41) is 15.5. The van der Waals surface area contributed by atoms with Crippen molar-refractivity contribution in [3.63, 3.8) is 0 Å². The number of rotatable bonds is 6. The molecule has 0 spiro atoms. The van der Waals surface area contributed by atoms with E-state index in [1.54, 1.807) is 13.0 Å². The Bertz CT molecular complexity index is 938. The number of aryl methyl sites for hydroxylation is 2. The minimum absolute atomic E-state index is 0.105. The van der Waals surface area contributed by atoms with Crippen LogP contribution in [0.2, 0.25) is 0 Å². The molecule has 0 radical (unpaired) electrons. The molecule has 2 aliphatic rings. The third-order valence-corrected chi connectivity index (χ3v) is 5.25. The molecule has 1 saturated carbocycles. The lowest BCUT2D eigenvalue weighted by Gasteiger charge is -2.35. The lowest BCUT2D eigenvalue weighted by molar-refractivity contribution is -0.192. The van der Waals surface area contributed by atoms with E-state index < -0.39 is 12.1 Å². The number of carboxylic acid groups (broad SMARTS) is 1. The van der Waals surface area contributed by atoms with E-state index in [0.29, 0.717) is 30.5 Å². The molecule has 2 aromatic heterocycles. The summed E-state index contributed by atoms with van der Waals surface area (Å²) >= 11 is 0. The largest absolute Gasteiger partial charge is 0.490 e. The molecule has 9 nitrogen and oxygen atoms in total. The van der Waals surface area contributed by atoms with E-state index in [0.717, 1.165) is 25.3 Å². The van der Waals surface area contributed by atoms with Gasteiger partial charge in [-0.3, -0.25) is 9.48 Å². The average molecular weight is 458 g/mol. The Morgan fingerprint density at radius 2 is 2.00 bits per heavy atom. The average Bonchev–Trinajstić information content (AvgIpc) is 3.29. The van der Waals surface area contributed by atoms with Gasteiger partial charge in [0.2, 0.25) is 0 Å². The Morgan fingerprint density at radius 3 is 2.53 bits per heavy atom. The van der Waals surface area contributed by atoms with Crippen LogP contribution in [0.25, 0.3) is 0 Å². The minimum atomic E-state index is -5.08. The maximum absolute atomic E-state index is 13.0. The Hall–Kier alpha value is -2.89. The molecule has 1 atom stereocenters. The molecule has 176 valence electrons. The second-order valence-electron chi connectivity index (χ2n) is 7.74. The van der Waals surface area contributed by atoms with Crippen LogP contribution in [0.1, 0.15) is 53.3 Å². The molecular weight excluding hydrogens is 433 g/mol. The van der Waals surface area contributed by atoms with Gasteiger partial charge in [0.05, 0.1) is 24.5 Å². The van der Waals surface area contributed by atoms with Gasteiger partial charge in [0.25, 0.3) is 5.91 Å². The first-order valence-corrected chi connectivity index (χ1v) is 10.3. The molecular formula is C20H25F3N4O5. The second-order valence-corrected chi connectivity index (χ2v) is 7.74. The first-order chi connectivity index (χ1) is 15.1. The first kappa shape index (κ1) is 23.8. The van der Waals surface area contributed by atoms with Gasteiger partial charge in [0, 0.05) is 25.8 Å². The zero-order valence-electron chi connectivity index (χ0n) is 17.8. The molecule has 1 unspecified atom stereocenters. The van der Waals surface area contributed by atoms with Crippen LogP contribution in [0, 0.1) is 12.8 Å². The molecule has 0 saturated heterocycles. The zero-order chi connectivity index (χ0) is 23.5. The number of hydrogen-bond acceptors (Lipinski definition) is 6. The number of amides is 1. The van der Waals surface area contributed by atoms with Gasteiger partial charge < -0.3 is 19.3 Å². The predicted octanol–water partition coefficient (Wildman–Crippen LogP) is 3.00. The summed E-state index contributed by atoms with van der Waals surface area (Å²) in [6.07, 6.45) is 0.152. The molecule has 1 amide bonds. The fraction of sp³-hybridized carbons (Fsp3) is 0.600. The highest BCUT2D eigenvalue weighted by atomic mass is 19.4. The summed E-state index contributed by atoms with van der Waals surface area (Å²) < 4.78 is 44.8. The van der Waals surface area contributed by atoms with Gasteiger partial charge in [-0.2, -0.15) is 18.3 Å². The maximum Gasteiger partial charge on any atom is 0.490 e. The van der Waals surface area contributed by atoms with Crippen LogP contribution in [0.3, 0.4) is 0 Å². The molecule has 12 heteroatoms. The maximum atomic E-state index is 13.0. The first-order valence-electron chi connectivity index (χ1n) is 10.3. The molecule has 3 heterocycles. The number of aromatic nitrogens is 3. The lowest BCUT2D eigenvalue weighted by Crippen LogP contribution is -2.43. The number of nitrogens with zero attached hydrogens (tertiary/aromatic N) is 4. The number of ether oxygens (including phenoxy) is 1. The van der Waals surface area contributed by atoms with Crippen LogP contribution in [-0.2, 0) is 22.5 Å². The van der Waals surface area contributed by atoms with Crippen molar-refractivity contribution in [1.29, 1.82) is 0 Å². The Balaban J connectivity index is 0.000000360. The van der Waals surface area contributed by atoms with E-state index in [2.05, 4.69) is 17.2 Å². The van der Waals surface area contributed by atoms with Gasteiger partial charge in [0.1, 0.15) is 5.76 Å². The molecule has 2 aromatic rings. The number of aliphatic carboxylic acids is 1. The normalized spacial score (nSPS) is 18.0. The molecule has 0 aromatic carbocycles. The van der Waals surface area contributed by atoms with Crippen molar-refractivity contribution in [2.75, 3.05) is 19.8 Å². The van der Waals surface area contributed by atoms with Crippen molar-refractivity contribution in [3.8, 4) is 0 Å². The summed E-state index contributed by atoms with van der Waals surface area (Å²) in [6.45, 7) is 6.55. The number of fused-ring (bicyclic) bond motifs is 1. The summed E-state index contributed by atoms with van der Waals surface area (Å²) in [7, 11) is 0. The van der Waals surface area contributed by atoms with Crippen molar-refractivity contribution in [2.24, 2.45) is 5.92 Å². The van der Waals surface area contributed by atoms with E-state index >= 15 is 0 Å². The van der Waals surface area contributed by atoms with E-state index in [9.17, 15) is 18.0 Å². The van der Waals surface area contributed by atoms with Crippen LogP contribution in [0.5, 0.6) is 0 Å². The van der Waals surface area contributed by atoms with Crippen molar-refractivity contribution in [2.45, 2.75) is 51.9 Å². The number of carbonyl (C=O) groups is 2.